The third kappa shape index (κ3) is 3.43. The normalized spacial score (nSPS) is 24.0. The lowest BCUT2D eigenvalue weighted by molar-refractivity contribution is -0.148. The van der Waals surface area contributed by atoms with E-state index in [1.54, 1.807) is 17.9 Å². The molecule has 1 aliphatic carbocycles. The highest BCUT2D eigenvalue weighted by atomic mass is 16.5. The Morgan fingerprint density at radius 2 is 2.04 bits per heavy atom. The third-order valence-electron chi connectivity index (χ3n) is 5.00. The van der Waals surface area contributed by atoms with Crippen LogP contribution in [0.5, 0.6) is 0 Å². The van der Waals surface area contributed by atoms with Gasteiger partial charge in [-0.2, -0.15) is 0 Å². The van der Waals surface area contributed by atoms with E-state index in [-0.39, 0.29) is 23.7 Å². The summed E-state index contributed by atoms with van der Waals surface area (Å²) < 4.78 is 5.34. The zero-order valence-corrected chi connectivity index (χ0v) is 14.9. The molecule has 1 aromatic rings. The van der Waals surface area contributed by atoms with Gasteiger partial charge in [0.2, 0.25) is 0 Å². The largest absolute Gasteiger partial charge is 0.464 e. The number of unbranched alkanes of at least 4 members (excludes halogenated alkanes) is 1. The molecule has 1 saturated heterocycles. The zero-order valence-electron chi connectivity index (χ0n) is 14.9. The lowest BCUT2D eigenvalue weighted by atomic mass is 10.0. The fourth-order valence-electron chi connectivity index (χ4n) is 3.53. The van der Waals surface area contributed by atoms with Gasteiger partial charge in [-0.05, 0) is 45.1 Å². The van der Waals surface area contributed by atoms with Crippen LogP contribution in [0.3, 0.4) is 0 Å². The van der Waals surface area contributed by atoms with Gasteiger partial charge < -0.3 is 9.64 Å². The van der Waals surface area contributed by atoms with Gasteiger partial charge >= 0.3 is 5.97 Å². The average Bonchev–Trinajstić information content (AvgIpc) is 3.24. The number of esters is 1. The number of aryl methyl sites for hydroxylation is 1. The first-order valence-electron chi connectivity index (χ1n) is 8.91. The molecule has 1 aliphatic heterocycles. The molecule has 0 N–H and O–H groups in total. The van der Waals surface area contributed by atoms with Crippen molar-refractivity contribution >= 4 is 17.7 Å². The molecule has 0 unspecified atom stereocenters. The fourth-order valence-corrected chi connectivity index (χ4v) is 3.53. The molecule has 0 bridgehead atoms. The number of ketones is 1. The number of rotatable bonds is 6. The number of hydrogen-bond donors (Lipinski definition) is 0. The van der Waals surface area contributed by atoms with Crippen molar-refractivity contribution in [2.75, 3.05) is 6.61 Å². The van der Waals surface area contributed by atoms with Gasteiger partial charge in [-0.3, -0.25) is 14.6 Å². The fraction of sp³-hybridized carbons (Fsp3) is 0.579. The summed E-state index contributed by atoms with van der Waals surface area (Å²) in [5, 5.41) is 0. The number of fused-ring (bicyclic) bond motifs is 1. The number of likely N-dealkylation sites (tertiary alicyclic amines) is 1. The van der Waals surface area contributed by atoms with E-state index >= 15 is 0 Å². The molecule has 0 aromatic carbocycles. The first kappa shape index (κ1) is 17.6. The standard InChI is InChI=1S/C19H24N2O4/c1-4-5-6-25-19(24)17-9-13-8-16(13)21(17)18(23)14-7-11(2)20-10-15(14)12(3)22/h7,10,13,16-17H,4-6,8-9H2,1-3H3/t13-,16-,17-/m1/s1. The minimum Gasteiger partial charge on any atom is -0.464 e. The Morgan fingerprint density at radius 1 is 1.28 bits per heavy atom. The Balaban J connectivity index is 1.84. The van der Waals surface area contributed by atoms with Crippen LogP contribution in [0.2, 0.25) is 0 Å². The van der Waals surface area contributed by atoms with Gasteiger partial charge in [-0.1, -0.05) is 13.3 Å². The van der Waals surface area contributed by atoms with Crippen molar-refractivity contribution in [3.8, 4) is 0 Å². The molecule has 25 heavy (non-hydrogen) atoms. The van der Waals surface area contributed by atoms with E-state index in [0.717, 1.165) is 19.3 Å². The van der Waals surface area contributed by atoms with Crippen molar-refractivity contribution in [1.82, 2.24) is 9.88 Å². The van der Waals surface area contributed by atoms with Gasteiger partial charge in [0.15, 0.2) is 5.78 Å². The number of ether oxygens (including phenoxy) is 1. The molecule has 2 aliphatic rings. The Labute approximate surface area is 147 Å². The summed E-state index contributed by atoms with van der Waals surface area (Å²) in [6.07, 6.45) is 4.78. The molecule has 1 amide bonds. The smallest absolute Gasteiger partial charge is 0.328 e. The second-order valence-corrected chi connectivity index (χ2v) is 6.98. The highest BCUT2D eigenvalue weighted by Crippen LogP contribution is 2.48. The molecule has 2 heterocycles. The molecule has 1 saturated carbocycles. The summed E-state index contributed by atoms with van der Waals surface area (Å²) in [5.74, 6) is -0.428. The number of aromatic nitrogens is 1. The Bertz CT molecular complexity index is 715. The number of pyridine rings is 1. The number of amides is 1. The van der Waals surface area contributed by atoms with Crippen LogP contribution in [0, 0.1) is 12.8 Å². The van der Waals surface area contributed by atoms with Crippen LogP contribution in [-0.4, -0.2) is 46.2 Å². The van der Waals surface area contributed by atoms with Crippen molar-refractivity contribution in [2.45, 2.75) is 58.5 Å². The Hall–Kier alpha value is -2.24. The summed E-state index contributed by atoms with van der Waals surface area (Å²) >= 11 is 0. The summed E-state index contributed by atoms with van der Waals surface area (Å²) in [4.78, 5) is 43.2. The quantitative estimate of drug-likeness (QED) is 0.450. The molecular formula is C19H24N2O4. The number of hydrogen-bond acceptors (Lipinski definition) is 5. The van der Waals surface area contributed by atoms with E-state index in [9.17, 15) is 14.4 Å². The first-order chi connectivity index (χ1) is 11.9. The van der Waals surface area contributed by atoms with Crippen LogP contribution in [0.4, 0.5) is 0 Å². The molecule has 3 rings (SSSR count). The Morgan fingerprint density at radius 3 is 2.72 bits per heavy atom. The molecule has 134 valence electrons. The summed E-state index contributed by atoms with van der Waals surface area (Å²) in [7, 11) is 0. The van der Waals surface area contributed by atoms with Gasteiger partial charge in [0.05, 0.1) is 12.2 Å². The molecular weight excluding hydrogens is 320 g/mol. The van der Waals surface area contributed by atoms with Gasteiger partial charge in [0, 0.05) is 23.5 Å². The maximum atomic E-state index is 13.1. The van der Waals surface area contributed by atoms with Crippen molar-refractivity contribution in [2.24, 2.45) is 5.92 Å². The minimum atomic E-state index is -0.540. The topological polar surface area (TPSA) is 76.6 Å². The highest BCUT2D eigenvalue weighted by molar-refractivity contribution is 6.08. The molecule has 6 heteroatoms. The third-order valence-corrected chi connectivity index (χ3v) is 5.00. The van der Waals surface area contributed by atoms with Gasteiger partial charge in [0.25, 0.3) is 5.91 Å². The van der Waals surface area contributed by atoms with Crippen LogP contribution in [0.15, 0.2) is 12.3 Å². The number of Topliss-reactive ketones (excluding diaryl/α,β-unsaturated/α-hetero) is 1. The van der Waals surface area contributed by atoms with Crippen LogP contribution < -0.4 is 0 Å². The monoisotopic (exact) mass is 344 g/mol. The van der Waals surface area contributed by atoms with Crippen molar-refractivity contribution in [3.63, 3.8) is 0 Å². The van der Waals surface area contributed by atoms with Gasteiger partial charge in [-0.15, -0.1) is 0 Å². The zero-order chi connectivity index (χ0) is 18.1. The number of carbonyl (C=O) groups is 3. The van der Waals surface area contributed by atoms with Crippen LogP contribution in [0.25, 0.3) is 0 Å². The average molecular weight is 344 g/mol. The van der Waals surface area contributed by atoms with Crippen molar-refractivity contribution in [1.29, 1.82) is 0 Å². The van der Waals surface area contributed by atoms with Gasteiger partial charge in [-0.25, -0.2) is 4.79 Å². The Kier molecular flexibility index (Phi) is 4.88. The molecule has 1 aromatic heterocycles. The molecule has 6 nitrogen and oxygen atoms in total. The van der Waals surface area contributed by atoms with Crippen molar-refractivity contribution < 1.29 is 19.1 Å². The first-order valence-corrected chi connectivity index (χ1v) is 8.91. The number of nitrogens with zero attached hydrogens (tertiary/aromatic N) is 2. The summed E-state index contributed by atoms with van der Waals surface area (Å²) in [6.45, 7) is 5.62. The number of piperidine rings is 1. The maximum absolute atomic E-state index is 13.1. The molecule has 2 fully saturated rings. The van der Waals surface area contributed by atoms with Crippen molar-refractivity contribution in [3.05, 3.63) is 29.1 Å². The van der Waals surface area contributed by atoms with Crippen LogP contribution >= 0.6 is 0 Å². The van der Waals surface area contributed by atoms with Crippen LogP contribution in [-0.2, 0) is 9.53 Å². The maximum Gasteiger partial charge on any atom is 0.328 e. The van der Waals surface area contributed by atoms with E-state index in [2.05, 4.69) is 4.98 Å². The van der Waals surface area contributed by atoms with Gasteiger partial charge in [0.1, 0.15) is 6.04 Å². The lowest BCUT2D eigenvalue weighted by Gasteiger charge is -2.27. The second-order valence-electron chi connectivity index (χ2n) is 6.98. The van der Waals surface area contributed by atoms with E-state index in [1.165, 1.54) is 13.1 Å². The SMILES string of the molecule is CCCCOC(=O)[C@H]1C[C@H]2C[C@H]2N1C(=O)c1cc(C)ncc1C(C)=O. The molecule has 0 spiro atoms. The predicted octanol–water partition coefficient (Wildman–Crippen LogP) is 2.54. The molecule has 3 atom stereocenters. The summed E-state index contributed by atoms with van der Waals surface area (Å²) in [6, 6.07) is 1.18. The van der Waals surface area contributed by atoms with E-state index in [4.69, 9.17) is 4.74 Å². The predicted molar refractivity (Wildman–Crippen MR) is 91.3 cm³/mol. The minimum absolute atomic E-state index is 0.0875. The highest BCUT2D eigenvalue weighted by Gasteiger charge is 2.56. The van der Waals surface area contributed by atoms with E-state index < -0.39 is 6.04 Å². The van der Waals surface area contributed by atoms with E-state index in [1.807, 2.05) is 6.92 Å². The number of carbonyl (C=O) groups excluding carboxylic acids is 3. The van der Waals surface area contributed by atoms with Crippen LogP contribution in [0.1, 0.15) is 65.9 Å². The molecule has 0 radical (unpaired) electrons. The summed E-state index contributed by atoms with van der Waals surface area (Å²) in [5.41, 5.74) is 1.30. The lowest BCUT2D eigenvalue weighted by Crippen LogP contribution is -2.44. The second kappa shape index (κ2) is 6.94. The van der Waals surface area contributed by atoms with E-state index in [0.29, 0.717) is 35.8 Å².